The Kier molecular flexibility index (Phi) is 5.78. The van der Waals surface area contributed by atoms with E-state index in [1.807, 2.05) is 20.8 Å². The van der Waals surface area contributed by atoms with E-state index < -0.39 is 0 Å². The molecule has 1 amide bonds. The summed E-state index contributed by atoms with van der Waals surface area (Å²) in [6, 6.07) is 3.25. The number of hydrogen-bond donors (Lipinski definition) is 2. The van der Waals surface area contributed by atoms with Crippen LogP contribution in [0.25, 0.3) is 0 Å². The Labute approximate surface area is 128 Å². The molecule has 2 N–H and O–H groups in total. The zero-order valence-electron chi connectivity index (χ0n) is 14.2. The highest BCUT2D eigenvalue weighted by molar-refractivity contribution is 5.95. The molecule has 0 aliphatic heterocycles. The van der Waals surface area contributed by atoms with Gasteiger partial charge in [-0.15, -0.1) is 0 Å². The van der Waals surface area contributed by atoms with Crippen LogP contribution in [0.2, 0.25) is 0 Å². The normalized spacial score (nSPS) is 13.0. The van der Waals surface area contributed by atoms with Gasteiger partial charge in [0.25, 0.3) is 5.91 Å². The molecule has 1 rings (SSSR count). The molecule has 1 aromatic rings. The van der Waals surface area contributed by atoms with E-state index in [0.717, 1.165) is 40.9 Å². The second-order valence-electron chi connectivity index (χ2n) is 5.79. The van der Waals surface area contributed by atoms with Crippen molar-refractivity contribution in [3.05, 3.63) is 23.3 Å². The van der Waals surface area contributed by atoms with Gasteiger partial charge >= 0.3 is 0 Å². The number of phenolic OH excluding ortho intramolecular Hbond substituents is 1. The summed E-state index contributed by atoms with van der Waals surface area (Å²) in [5.74, 6) is 0.272. The molecule has 0 aliphatic carbocycles. The Bertz CT molecular complexity index is 476. The number of rotatable bonds is 6. The second kappa shape index (κ2) is 6.94. The minimum absolute atomic E-state index is 0.0393. The fourth-order valence-electron chi connectivity index (χ4n) is 3.11. The zero-order chi connectivity index (χ0) is 16.2. The summed E-state index contributed by atoms with van der Waals surface area (Å²) in [5, 5.41) is 12.6. The number of hydrogen-bond acceptors (Lipinski definition) is 2. The van der Waals surface area contributed by atoms with Crippen LogP contribution in [-0.4, -0.2) is 41.2 Å². The Morgan fingerprint density at radius 2 is 1.57 bits per heavy atom. The molecule has 0 fully saturated rings. The number of anilines is 1. The average molecular weight is 293 g/mol. The fraction of sp³-hybridized carbons (Fsp3) is 0.588. The van der Waals surface area contributed by atoms with Crippen LogP contribution in [0.4, 0.5) is 5.69 Å². The highest BCUT2D eigenvalue weighted by Gasteiger charge is 2.34. The van der Waals surface area contributed by atoms with Gasteiger partial charge in [0.2, 0.25) is 0 Å². The monoisotopic (exact) mass is 293 g/mol. The van der Waals surface area contributed by atoms with E-state index in [-0.39, 0.29) is 17.7 Å². The molecule has 0 radical (unpaired) electrons. The van der Waals surface area contributed by atoms with Crippen LogP contribution in [0.5, 0.6) is 5.75 Å². The van der Waals surface area contributed by atoms with Gasteiger partial charge in [0, 0.05) is 5.69 Å². The fourth-order valence-corrected chi connectivity index (χ4v) is 3.11. The summed E-state index contributed by atoms with van der Waals surface area (Å²) in [5.41, 5.74) is 2.58. The molecule has 1 atom stereocenters. The van der Waals surface area contributed by atoms with Gasteiger partial charge in [0.05, 0.1) is 19.6 Å². The number of benzene rings is 1. The van der Waals surface area contributed by atoms with Crippen molar-refractivity contribution in [3.8, 4) is 5.75 Å². The van der Waals surface area contributed by atoms with Gasteiger partial charge in [0.15, 0.2) is 6.04 Å². The van der Waals surface area contributed by atoms with E-state index in [4.69, 9.17) is 0 Å². The van der Waals surface area contributed by atoms with Crippen molar-refractivity contribution in [2.75, 3.05) is 25.0 Å². The first-order chi connectivity index (χ1) is 9.81. The standard InChI is InChI=1S/C17H28N2O2/c1-7-19(8-2,9-3)14(6)17(21)18-16-12(4)10-15(20)11-13(16)5/h10-11,14H,7-9H2,1-6H3,(H-,18,20,21)/p+1. The van der Waals surface area contributed by atoms with Gasteiger partial charge in [-0.05, 0) is 64.8 Å². The lowest BCUT2D eigenvalue weighted by molar-refractivity contribution is -0.936. The third kappa shape index (κ3) is 3.56. The lowest BCUT2D eigenvalue weighted by Gasteiger charge is -2.40. The van der Waals surface area contributed by atoms with E-state index in [1.165, 1.54) is 0 Å². The molecule has 0 bridgehead atoms. The number of phenols is 1. The molecule has 0 spiro atoms. The van der Waals surface area contributed by atoms with Crippen molar-refractivity contribution < 1.29 is 14.4 Å². The minimum Gasteiger partial charge on any atom is -0.508 e. The highest BCUT2D eigenvalue weighted by atomic mass is 16.3. The largest absolute Gasteiger partial charge is 0.508 e. The maximum atomic E-state index is 12.6. The maximum Gasteiger partial charge on any atom is 0.282 e. The van der Waals surface area contributed by atoms with E-state index >= 15 is 0 Å². The number of nitrogens with zero attached hydrogens (tertiary/aromatic N) is 1. The van der Waals surface area contributed by atoms with Crippen LogP contribution in [-0.2, 0) is 4.79 Å². The molecule has 0 heterocycles. The van der Waals surface area contributed by atoms with Crippen molar-refractivity contribution in [1.29, 1.82) is 0 Å². The quantitative estimate of drug-likeness (QED) is 0.625. The molecule has 4 heteroatoms. The first-order valence-electron chi connectivity index (χ1n) is 7.78. The predicted octanol–water partition coefficient (Wildman–Crippen LogP) is 3.21. The molecule has 4 nitrogen and oxygen atoms in total. The number of aryl methyl sites for hydroxylation is 2. The number of amides is 1. The van der Waals surface area contributed by atoms with Crippen molar-refractivity contribution >= 4 is 11.6 Å². The van der Waals surface area contributed by atoms with Gasteiger partial charge in [-0.1, -0.05) is 0 Å². The smallest absolute Gasteiger partial charge is 0.282 e. The molecule has 0 aromatic heterocycles. The van der Waals surface area contributed by atoms with Gasteiger partial charge in [0.1, 0.15) is 5.75 Å². The van der Waals surface area contributed by atoms with Gasteiger partial charge in [-0.25, -0.2) is 0 Å². The van der Waals surface area contributed by atoms with Crippen LogP contribution < -0.4 is 5.32 Å². The number of nitrogens with one attached hydrogen (secondary N) is 1. The molecule has 21 heavy (non-hydrogen) atoms. The lowest BCUT2D eigenvalue weighted by Crippen LogP contribution is -2.58. The zero-order valence-corrected chi connectivity index (χ0v) is 14.2. The Morgan fingerprint density at radius 3 is 1.95 bits per heavy atom. The summed E-state index contributed by atoms with van der Waals surface area (Å²) in [6.07, 6.45) is 0. The van der Waals surface area contributed by atoms with E-state index in [0.29, 0.717) is 0 Å². The number of quaternary nitrogens is 1. The van der Waals surface area contributed by atoms with E-state index in [9.17, 15) is 9.90 Å². The molecule has 0 saturated heterocycles. The van der Waals surface area contributed by atoms with Crippen LogP contribution in [0.3, 0.4) is 0 Å². The maximum absolute atomic E-state index is 12.6. The third-order valence-electron chi connectivity index (χ3n) is 4.86. The van der Waals surface area contributed by atoms with E-state index in [2.05, 4.69) is 26.1 Å². The van der Waals surface area contributed by atoms with Gasteiger partial charge < -0.3 is 14.9 Å². The number of aromatic hydroxyl groups is 1. The molecule has 0 saturated carbocycles. The minimum atomic E-state index is -0.0994. The summed E-state index contributed by atoms with van der Waals surface area (Å²) in [4.78, 5) is 12.6. The lowest BCUT2D eigenvalue weighted by atomic mass is 10.1. The summed E-state index contributed by atoms with van der Waals surface area (Å²) in [6.45, 7) is 15.0. The summed E-state index contributed by atoms with van der Waals surface area (Å²) in [7, 11) is 0. The van der Waals surface area contributed by atoms with Crippen LogP contribution >= 0.6 is 0 Å². The Hall–Kier alpha value is -1.55. The molecule has 118 valence electrons. The summed E-state index contributed by atoms with van der Waals surface area (Å²) < 4.78 is 0.780. The molecular formula is C17H29N2O2+. The van der Waals surface area contributed by atoms with Crippen molar-refractivity contribution in [2.45, 2.75) is 47.6 Å². The van der Waals surface area contributed by atoms with Gasteiger partial charge in [-0.2, -0.15) is 0 Å². The second-order valence-corrected chi connectivity index (χ2v) is 5.79. The topological polar surface area (TPSA) is 49.3 Å². The van der Waals surface area contributed by atoms with E-state index in [1.54, 1.807) is 12.1 Å². The highest BCUT2D eigenvalue weighted by Crippen LogP contribution is 2.26. The van der Waals surface area contributed by atoms with Crippen LogP contribution in [0.1, 0.15) is 38.8 Å². The average Bonchev–Trinajstić information content (AvgIpc) is 2.44. The third-order valence-corrected chi connectivity index (χ3v) is 4.86. The van der Waals surface area contributed by atoms with Crippen molar-refractivity contribution in [1.82, 2.24) is 0 Å². The van der Waals surface area contributed by atoms with Crippen LogP contribution in [0, 0.1) is 13.8 Å². The van der Waals surface area contributed by atoms with Crippen LogP contribution in [0.15, 0.2) is 12.1 Å². The molecular weight excluding hydrogens is 264 g/mol. The van der Waals surface area contributed by atoms with Gasteiger partial charge in [-0.3, -0.25) is 4.79 Å². The number of carbonyl (C=O) groups is 1. The van der Waals surface area contributed by atoms with Crippen molar-refractivity contribution in [2.24, 2.45) is 0 Å². The van der Waals surface area contributed by atoms with Crippen molar-refractivity contribution in [3.63, 3.8) is 0 Å². The summed E-state index contributed by atoms with van der Waals surface area (Å²) >= 11 is 0. The SMILES string of the molecule is CC[N+](CC)(CC)C(C)C(=O)Nc1c(C)cc(O)cc1C. The molecule has 1 unspecified atom stereocenters. The number of carbonyl (C=O) groups excluding carboxylic acids is 1. The predicted molar refractivity (Wildman–Crippen MR) is 87.6 cm³/mol. The first kappa shape index (κ1) is 17.5. The molecule has 0 aliphatic rings. The molecule has 1 aromatic carbocycles. The Balaban J connectivity index is 3.01. The first-order valence-corrected chi connectivity index (χ1v) is 7.78. The Morgan fingerprint density at radius 1 is 1.14 bits per heavy atom. The number of likely N-dealkylation sites (N-methyl/N-ethyl adjacent to an activating group) is 1.